The van der Waals surface area contributed by atoms with E-state index in [1.807, 2.05) is 30.3 Å². The number of nitrogens with zero attached hydrogens (tertiary/aromatic N) is 1. The molecule has 1 heterocycles. The average molecular weight is 418 g/mol. The molecule has 0 saturated carbocycles. The molecule has 2 aromatic carbocycles. The zero-order valence-corrected chi connectivity index (χ0v) is 17.1. The Labute approximate surface area is 172 Å². The van der Waals surface area contributed by atoms with Crippen molar-refractivity contribution in [2.75, 3.05) is 39.4 Å². The number of carbonyl (C=O) groups excluding carboxylic acids is 1. The predicted octanol–water partition coefficient (Wildman–Crippen LogP) is 1.02. The lowest BCUT2D eigenvalue weighted by molar-refractivity contribution is -0.122. The summed E-state index contributed by atoms with van der Waals surface area (Å²) in [6.45, 7) is 4.23. The van der Waals surface area contributed by atoms with E-state index in [4.69, 9.17) is 4.74 Å². The van der Waals surface area contributed by atoms with Crippen LogP contribution < -0.4 is 10.0 Å². The van der Waals surface area contributed by atoms with Crippen LogP contribution in [0.4, 0.5) is 0 Å². The monoisotopic (exact) mass is 417 g/mol. The van der Waals surface area contributed by atoms with Gasteiger partial charge in [-0.25, -0.2) is 8.42 Å². The van der Waals surface area contributed by atoms with Crippen LogP contribution in [0.2, 0.25) is 0 Å². The van der Waals surface area contributed by atoms with Crippen molar-refractivity contribution in [1.82, 2.24) is 14.9 Å². The Morgan fingerprint density at radius 3 is 2.28 bits per heavy atom. The molecular formula is C21H27N3O4S. The lowest BCUT2D eigenvalue weighted by atomic mass is 10.1. The first-order chi connectivity index (χ1) is 14.0. The van der Waals surface area contributed by atoms with Crippen LogP contribution in [0, 0.1) is 0 Å². The number of rotatable bonds is 9. The molecule has 29 heavy (non-hydrogen) atoms. The van der Waals surface area contributed by atoms with Gasteiger partial charge in [0.2, 0.25) is 15.9 Å². The van der Waals surface area contributed by atoms with Gasteiger partial charge in [-0.05, 0) is 24.1 Å². The molecule has 1 amide bonds. The molecule has 7 nitrogen and oxygen atoms in total. The highest BCUT2D eigenvalue weighted by molar-refractivity contribution is 7.89. The Bertz CT molecular complexity index is 869. The Balaban J connectivity index is 1.66. The van der Waals surface area contributed by atoms with Crippen molar-refractivity contribution in [3.05, 3.63) is 66.2 Å². The summed E-state index contributed by atoms with van der Waals surface area (Å²) in [5.41, 5.74) is 0.886. The third-order valence-corrected chi connectivity index (χ3v) is 6.27. The highest BCUT2D eigenvalue weighted by Gasteiger charge is 2.26. The fourth-order valence-corrected chi connectivity index (χ4v) is 4.39. The summed E-state index contributed by atoms with van der Waals surface area (Å²) in [5.74, 6) is -0.332. The van der Waals surface area contributed by atoms with Crippen LogP contribution in [0.5, 0.6) is 0 Å². The molecule has 0 spiro atoms. The highest BCUT2D eigenvalue weighted by Crippen LogP contribution is 2.11. The molecule has 2 N–H and O–H groups in total. The highest BCUT2D eigenvalue weighted by atomic mass is 32.2. The first-order valence-electron chi connectivity index (χ1n) is 9.74. The second kappa shape index (κ2) is 10.5. The number of nitrogens with one attached hydrogen (secondary N) is 2. The number of amides is 1. The van der Waals surface area contributed by atoms with Crippen LogP contribution >= 0.6 is 0 Å². The Hall–Kier alpha value is -2.26. The summed E-state index contributed by atoms with van der Waals surface area (Å²) in [6.07, 6.45) is 0.274. The summed E-state index contributed by atoms with van der Waals surface area (Å²) in [6, 6.07) is 16.6. The van der Waals surface area contributed by atoms with Crippen molar-refractivity contribution in [3.63, 3.8) is 0 Å². The van der Waals surface area contributed by atoms with E-state index in [1.165, 1.54) is 12.1 Å². The zero-order chi connectivity index (χ0) is 20.5. The van der Waals surface area contributed by atoms with Crippen LogP contribution in [0.15, 0.2) is 65.6 Å². The predicted molar refractivity (Wildman–Crippen MR) is 111 cm³/mol. The molecule has 0 aromatic heterocycles. The third kappa shape index (κ3) is 6.64. The number of sulfonamides is 1. The minimum atomic E-state index is -3.81. The maximum absolute atomic E-state index is 12.8. The van der Waals surface area contributed by atoms with Crippen LogP contribution in [-0.4, -0.2) is 64.7 Å². The van der Waals surface area contributed by atoms with E-state index in [-0.39, 0.29) is 17.2 Å². The van der Waals surface area contributed by atoms with Gasteiger partial charge < -0.3 is 10.1 Å². The van der Waals surface area contributed by atoms with Crippen molar-refractivity contribution in [2.45, 2.75) is 17.4 Å². The van der Waals surface area contributed by atoms with Crippen molar-refractivity contribution < 1.29 is 17.9 Å². The summed E-state index contributed by atoms with van der Waals surface area (Å²) in [5, 5.41) is 2.88. The lowest BCUT2D eigenvalue weighted by Crippen LogP contribution is -2.49. The molecule has 1 aliphatic rings. The molecule has 0 bridgehead atoms. The Kier molecular flexibility index (Phi) is 7.76. The second-order valence-corrected chi connectivity index (χ2v) is 8.64. The fraction of sp³-hybridized carbons (Fsp3) is 0.381. The molecule has 1 aliphatic heterocycles. The summed E-state index contributed by atoms with van der Waals surface area (Å²) in [7, 11) is -3.81. The number of benzene rings is 2. The third-order valence-electron chi connectivity index (χ3n) is 4.78. The molecule has 1 saturated heterocycles. The molecule has 8 heteroatoms. The number of hydrogen-bond acceptors (Lipinski definition) is 5. The first-order valence-corrected chi connectivity index (χ1v) is 11.2. The van der Waals surface area contributed by atoms with E-state index < -0.39 is 16.1 Å². The molecule has 0 aliphatic carbocycles. The zero-order valence-electron chi connectivity index (χ0n) is 16.3. The van der Waals surface area contributed by atoms with E-state index in [2.05, 4.69) is 14.9 Å². The molecule has 0 radical (unpaired) electrons. The molecule has 2 aromatic rings. The summed E-state index contributed by atoms with van der Waals surface area (Å²) < 4.78 is 33.4. The van der Waals surface area contributed by atoms with Gasteiger partial charge in [0.15, 0.2) is 0 Å². The topological polar surface area (TPSA) is 87.7 Å². The van der Waals surface area contributed by atoms with Crippen molar-refractivity contribution >= 4 is 15.9 Å². The van der Waals surface area contributed by atoms with Gasteiger partial charge in [0, 0.05) is 26.2 Å². The average Bonchev–Trinajstić information content (AvgIpc) is 2.75. The number of carbonyl (C=O) groups is 1. The second-order valence-electron chi connectivity index (χ2n) is 6.92. The van der Waals surface area contributed by atoms with Crippen molar-refractivity contribution in [1.29, 1.82) is 0 Å². The van der Waals surface area contributed by atoms with E-state index in [9.17, 15) is 13.2 Å². The van der Waals surface area contributed by atoms with Gasteiger partial charge in [0.05, 0.1) is 18.1 Å². The summed E-state index contributed by atoms with van der Waals surface area (Å²) in [4.78, 5) is 15.2. The normalized spacial score (nSPS) is 16.3. The number of hydrogen-bond donors (Lipinski definition) is 2. The number of morpholine rings is 1. The smallest absolute Gasteiger partial charge is 0.241 e. The van der Waals surface area contributed by atoms with Gasteiger partial charge in [-0.3, -0.25) is 9.69 Å². The molecule has 1 atom stereocenters. The maximum atomic E-state index is 12.8. The van der Waals surface area contributed by atoms with Crippen LogP contribution in [-0.2, 0) is 26.0 Å². The van der Waals surface area contributed by atoms with Gasteiger partial charge in [-0.1, -0.05) is 48.5 Å². The largest absolute Gasteiger partial charge is 0.379 e. The number of ether oxygens (including phenoxy) is 1. The van der Waals surface area contributed by atoms with Gasteiger partial charge >= 0.3 is 0 Å². The maximum Gasteiger partial charge on any atom is 0.241 e. The van der Waals surface area contributed by atoms with E-state index in [1.54, 1.807) is 18.2 Å². The van der Waals surface area contributed by atoms with Gasteiger partial charge in [0.25, 0.3) is 0 Å². The Morgan fingerprint density at radius 2 is 1.62 bits per heavy atom. The molecule has 1 fully saturated rings. The molecule has 156 valence electrons. The summed E-state index contributed by atoms with van der Waals surface area (Å²) >= 11 is 0. The first kappa shape index (κ1) is 21.4. The van der Waals surface area contributed by atoms with Gasteiger partial charge in [-0.2, -0.15) is 4.72 Å². The molecule has 3 rings (SSSR count). The SMILES string of the molecule is O=C(NCCN1CCOCC1)[C@H](Cc1ccccc1)NS(=O)(=O)c1ccccc1. The van der Waals surface area contributed by atoms with E-state index in [0.29, 0.717) is 26.3 Å². The quantitative estimate of drug-likeness (QED) is 0.636. The van der Waals surface area contributed by atoms with Gasteiger partial charge in [-0.15, -0.1) is 0 Å². The minimum absolute atomic E-state index is 0.138. The van der Waals surface area contributed by atoms with E-state index in [0.717, 1.165) is 18.7 Å². The van der Waals surface area contributed by atoms with Crippen LogP contribution in [0.1, 0.15) is 5.56 Å². The van der Waals surface area contributed by atoms with E-state index >= 15 is 0 Å². The van der Waals surface area contributed by atoms with Crippen molar-refractivity contribution in [2.24, 2.45) is 0 Å². The van der Waals surface area contributed by atoms with Crippen LogP contribution in [0.25, 0.3) is 0 Å². The van der Waals surface area contributed by atoms with Crippen molar-refractivity contribution in [3.8, 4) is 0 Å². The molecular weight excluding hydrogens is 390 g/mol. The van der Waals surface area contributed by atoms with Gasteiger partial charge in [0.1, 0.15) is 6.04 Å². The Morgan fingerprint density at radius 1 is 1.00 bits per heavy atom. The minimum Gasteiger partial charge on any atom is -0.379 e. The standard InChI is InChI=1S/C21H27N3O4S/c25-21(22-11-12-24-13-15-28-16-14-24)20(17-18-7-3-1-4-8-18)23-29(26,27)19-9-5-2-6-10-19/h1-10,20,23H,11-17H2,(H,22,25)/t20-/m0/s1. The fourth-order valence-electron chi connectivity index (χ4n) is 3.18. The molecule has 0 unspecified atom stereocenters. The lowest BCUT2D eigenvalue weighted by Gasteiger charge is -2.27. The van der Waals surface area contributed by atoms with Crippen LogP contribution in [0.3, 0.4) is 0 Å².